The summed E-state index contributed by atoms with van der Waals surface area (Å²) in [6, 6.07) is 25.2. The Balaban J connectivity index is 1.50. The van der Waals surface area contributed by atoms with Crippen molar-refractivity contribution in [3.05, 3.63) is 95.6 Å². The highest BCUT2D eigenvalue weighted by Crippen LogP contribution is 2.31. The first-order chi connectivity index (χ1) is 15.7. The second-order valence-corrected chi connectivity index (χ2v) is 8.10. The van der Waals surface area contributed by atoms with Gasteiger partial charge in [0.05, 0.1) is 6.04 Å². The number of nitrogens with zero attached hydrogens (tertiary/aromatic N) is 1. The normalized spacial score (nSPS) is 13.1. The number of carbonyl (C=O) groups is 2. The fraction of sp³-hybridized carbons (Fsp3) is 0.259. The summed E-state index contributed by atoms with van der Waals surface area (Å²) in [5.41, 5.74) is 4.83. The van der Waals surface area contributed by atoms with E-state index in [0.29, 0.717) is 12.8 Å². The number of anilines is 2. The number of urea groups is 1. The third-order valence-corrected chi connectivity index (χ3v) is 5.81. The molecular weight excluding hydrogens is 398 g/mol. The molecule has 2 N–H and O–H groups in total. The van der Waals surface area contributed by atoms with E-state index in [-0.39, 0.29) is 18.0 Å². The predicted molar refractivity (Wildman–Crippen MR) is 129 cm³/mol. The Labute approximate surface area is 189 Å². The van der Waals surface area contributed by atoms with E-state index < -0.39 is 0 Å². The van der Waals surface area contributed by atoms with Crippen LogP contribution in [-0.2, 0) is 11.2 Å². The summed E-state index contributed by atoms with van der Waals surface area (Å²) >= 11 is 0. The smallest absolute Gasteiger partial charge is 0.319 e. The highest BCUT2D eigenvalue weighted by Gasteiger charge is 2.24. The van der Waals surface area contributed by atoms with E-state index in [2.05, 4.69) is 17.6 Å². The number of amides is 3. The van der Waals surface area contributed by atoms with Gasteiger partial charge < -0.3 is 15.5 Å². The fourth-order valence-electron chi connectivity index (χ4n) is 4.15. The number of benzene rings is 3. The summed E-state index contributed by atoms with van der Waals surface area (Å²) in [5, 5.41) is 6.09. The molecule has 1 heterocycles. The lowest BCUT2D eigenvalue weighted by Gasteiger charge is -2.30. The van der Waals surface area contributed by atoms with Crippen LogP contribution in [0.2, 0.25) is 0 Å². The van der Waals surface area contributed by atoms with Gasteiger partial charge >= 0.3 is 6.03 Å². The third kappa shape index (κ3) is 4.99. The molecule has 0 bridgehead atoms. The van der Waals surface area contributed by atoms with Crippen LogP contribution in [0, 0.1) is 0 Å². The van der Waals surface area contributed by atoms with Crippen molar-refractivity contribution in [1.29, 1.82) is 0 Å². The van der Waals surface area contributed by atoms with Gasteiger partial charge in [0.25, 0.3) is 0 Å². The first-order valence-corrected chi connectivity index (χ1v) is 11.3. The third-order valence-electron chi connectivity index (χ3n) is 5.81. The molecule has 164 valence electrons. The Hall–Kier alpha value is -3.60. The Kier molecular flexibility index (Phi) is 6.85. The summed E-state index contributed by atoms with van der Waals surface area (Å²) in [5.74, 6) is 0.179. The first-order valence-electron chi connectivity index (χ1n) is 11.3. The van der Waals surface area contributed by atoms with Crippen LogP contribution in [0.3, 0.4) is 0 Å². The molecule has 5 nitrogen and oxygen atoms in total. The van der Waals surface area contributed by atoms with Gasteiger partial charge in [0.15, 0.2) is 0 Å². The molecule has 0 fully saturated rings. The molecule has 0 spiro atoms. The summed E-state index contributed by atoms with van der Waals surface area (Å²) in [6.07, 6.45) is 3.23. The minimum absolute atomic E-state index is 0.179. The van der Waals surface area contributed by atoms with Gasteiger partial charge in [-0.25, -0.2) is 4.79 Å². The van der Waals surface area contributed by atoms with E-state index in [1.54, 1.807) is 0 Å². The summed E-state index contributed by atoms with van der Waals surface area (Å²) in [4.78, 5) is 27.2. The number of nitrogens with one attached hydrogen (secondary N) is 2. The standard InChI is InChI=1S/C27H29N3O2/c1-2-3-18-30-24-16-15-23(19-22(24)14-17-25(30)31)28-27(32)29-26(20-10-6-4-7-11-20)21-12-8-5-9-13-21/h4-13,15-16,19,26H,2-3,14,17-18H2,1H3,(H2,28,29,32). The van der Waals surface area contributed by atoms with Crippen molar-refractivity contribution in [2.75, 3.05) is 16.8 Å². The maximum atomic E-state index is 12.9. The molecule has 3 aromatic rings. The minimum atomic E-state index is -0.266. The molecule has 5 heteroatoms. The van der Waals surface area contributed by atoms with Gasteiger partial charge in [-0.05, 0) is 47.7 Å². The van der Waals surface area contributed by atoms with Crippen molar-refractivity contribution in [3.63, 3.8) is 0 Å². The summed E-state index contributed by atoms with van der Waals surface area (Å²) in [7, 11) is 0. The van der Waals surface area contributed by atoms with E-state index >= 15 is 0 Å². The van der Waals surface area contributed by atoms with Crippen LogP contribution in [0.25, 0.3) is 0 Å². The lowest BCUT2D eigenvalue weighted by atomic mass is 9.99. The quantitative estimate of drug-likeness (QED) is 0.510. The van der Waals surface area contributed by atoms with Gasteiger partial charge in [0.2, 0.25) is 5.91 Å². The van der Waals surface area contributed by atoms with Crippen LogP contribution in [-0.4, -0.2) is 18.5 Å². The van der Waals surface area contributed by atoms with E-state index in [1.165, 1.54) is 0 Å². The van der Waals surface area contributed by atoms with Gasteiger partial charge in [-0.1, -0.05) is 74.0 Å². The molecule has 32 heavy (non-hydrogen) atoms. The molecule has 1 aliphatic heterocycles. The lowest BCUT2D eigenvalue weighted by Crippen LogP contribution is -2.36. The van der Waals surface area contributed by atoms with Crippen molar-refractivity contribution < 1.29 is 9.59 Å². The molecule has 3 amide bonds. The second-order valence-electron chi connectivity index (χ2n) is 8.10. The summed E-state index contributed by atoms with van der Waals surface area (Å²) < 4.78 is 0. The molecule has 0 aliphatic carbocycles. The van der Waals surface area contributed by atoms with Gasteiger partial charge in [0, 0.05) is 24.3 Å². The molecule has 3 aromatic carbocycles. The minimum Gasteiger partial charge on any atom is -0.327 e. The number of hydrogen-bond acceptors (Lipinski definition) is 2. The number of aryl methyl sites for hydroxylation is 1. The van der Waals surface area contributed by atoms with Crippen LogP contribution in [0.5, 0.6) is 0 Å². The Morgan fingerprint density at radius 3 is 2.22 bits per heavy atom. The zero-order valence-corrected chi connectivity index (χ0v) is 18.4. The molecule has 0 radical (unpaired) electrons. The molecule has 0 aromatic heterocycles. The number of carbonyl (C=O) groups excluding carboxylic acids is 2. The van der Waals surface area contributed by atoms with Gasteiger partial charge in [-0.15, -0.1) is 0 Å². The van der Waals surface area contributed by atoms with Crippen molar-refractivity contribution in [2.45, 2.75) is 38.6 Å². The molecular formula is C27H29N3O2. The van der Waals surface area contributed by atoms with Crippen LogP contribution in [0.4, 0.5) is 16.2 Å². The Morgan fingerprint density at radius 1 is 0.938 bits per heavy atom. The van der Waals surface area contributed by atoms with Gasteiger partial charge in [0.1, 0.15) is 0 Å². The number of fused-ring (bicyclic) bond motifs is 1. The predicted octanol–water partition coefficient (Wildman–Crippen LogP) is 5.68. The zero-order valence-electron chi connectivity index (χ0n) is 18.4. The molecule has 1 aliphatic rings. The Bertz CT molecular complexity index is 1030. The monoisotopic (exact) mass is 427 g/mol. The second kappa shape index (κ2) is 10.1. The average molecular weight is 428 g/mol. The first kappa shape index (κ1) is 21.6. The van der Waals surface area contributed by atoms with Gasteiger partial charge in [-0.3, -0.25) is 4.79 Å². The average Bonchev–Trinajstić information content (AvgIpc) is 2.83. The van der Waals surface area contributed by atoms with Crippen LogP contribution < -0.4 is 15.5 Å². The summed E-state index contributed by atoms with van der Waals surface area (Å²) in [6.45, 7) is 2.87. The Morgan fingerprint density at radius 2 is 1.59 bits per heavy atom. The number of hydrogen-bond donors (Lipinski definition) is 2. The van der Waals surface area contributed by atoms with Crippen molar-refractivity contribution in [1.82, 2.24) is 5.32 Å². The van der Waals surface area contributed by atoms with Crippen LogP contribution in [0.1, 0.15) is 48.9 Å². The van der Waals surface area contributed by atoms with Crippen molar-refractivity contribution in [3.8, 4) is 0 Å². The van der Waals surface area contributed by atoms with Crippen molar-refractivity contribution >= 4 is 23.3 Å². The fourth-order valence-corrected chi connectivity index (χ4v) is 4.15. The van der Waals surface area contributed by atoms with Crippen molar-refractivity contribution in [2.24, 2.45) is 0 Å². The lowest BCUT2D eigenvalue weighted by molar-refractivity contribution is -0.118. The SMILES string of the molecule is CCCCN1C(=O)CCc2cc(NC(=O)NC(c3ccccc3)c3ccccc3)ccc21. The zero-order chi connectivity index (χ0) is 22.3. The molecule has 4 rings (SSSR count). The molecule has 0 unspecified atom stereocenters. The number of rotatable bonds is 7. The van der Waals surface area contributed by atoms with E-state index in [1.807, 2.05) is 83.8 Å². The van der Waals surface area contributed by atoms with Gasteiger partial charge in [-0.2, -0.15) is 0 Å². The molecule has 0 atom stereocenters. The van der Waals surface area contributed by atoms with Crippen LogP contribution in [0.15, 0.2) is 78.9 Å². The molecule has 0 saturated carbocycles. The topological polar surface area (TPSA) is 61.4 Å². The van der Waals surface area contributed by atoms with E-state index in [9.17, 15) is 9.59 Å². The van der Waals surface area contributed by atoms with E-state index in [4.69, 9.17) is 0 Å². The molecule has 0 saturated heterocycles. The largest absolute Gasteiger partial charge is 0.327 e. The number of unbranched alkanes of at least 4 members (excludes halogenated alkanes) is 1. The highest BCUT2D eigenvalue weighted by atomic mass is 16.2. The maximum Gasteiger partial charge on any atom is 0.319 e. The highest BCUT2D eigenvalue weighted by molar-refractivity contribution is 5.97. The van der Waals surface area contributed by atoms with E-state index in [0.717, 1.165) is 47.5 Å². The maximum absolute atomic E-state index is 12.9. The van der Waals surface area contributed by atoms with Crippen LogP contribution >= 0.6 is 0 Å².